The van der Waals surface area contributed by atoms with Gasteiger partial charge in [-0.3, -0.25) is 0 Å². The van der Waals surface area contributed by atoms with Crippen molar-refractivity contribution in [1.29, 1.82) is 0 Å². The fourth-order valence-corrected chi connectivity index (χ4v) is 4.11. The maximum atomic E-state index is 3.65. The lowest BCUT2D eigenvalue weighted by Gasteiger charge is -2.43. The van der Waals surface area contributed by atoms with Gasteiger partial charge in [-0.15, -0.1) is 0 Å². The van der Waals surface area contributed by atoms with Crippen molar-refractivity contribution >= 4 is 5.69 Å². The van der Waals surface area contributed by atoms with Crippen LogP contribution >= 0.6 is 0 Å². The van der Waals surface area contributed by atoms with Crippen molar-refractivity contribution < 1.29 is 0 Å². The predicted octanol–water partition coefficient (Wildman–Crippen LogP) is 4.13. The molecule has 2 nitrogen and oxygen atoms in total. The summed E-state index contributed by atoms with van der Waals surface area (Å²) in [5.41, 5.74) is 3.00. The Labute approximate surface area is 123 Å². The normalized spacial score (nSPS) is 30.1. The molecule has 2 heteroatoms. The van der Waals surface area contributed by atoms with Crippen molar-refractivity contribution in [1.82, 2.24) is 5.32 Å². The number of anilines is 1. The van der Waals surface area contributed by atoms with E-state index < -0.39 is 0 Å². The molecule has 0 radical (unpaired) electrons. The van der Waals surface area contributed by atoms with Gasteiger partial charge in [0.2, 0.25) is 0 Å². The van der Waals surface area contributed by atoms with Crippen LogP contribution in [-0.4, -0.2) is 19.1 Å². The average molecular weight is 272 g/mol. The number of para-hydroxylation sites is 1. The minimum atomic E-state index is 0.550. The minimum Gasteiger partial charge on any atom is -0.368 e. The molecule has 1 aromatic rings. The Morgan fingerprint density at radius 2 is 2.05 bits per heavy atom. The van der Waals surface area contributed by atoms with Crippen LogP contribution in [0.15, 0.2) is 24.3 Å². The summed E-state index contributed by atoms with van der Waals surface area (Å²) in [6.45, 7) is 6.90. The van der Waals surface area contributed by atoms with Crippen LogP contribution in [0.2, 0.25) is 0 Å². The number of hydrogen-bond acceptors (Lipinski definition) is 2. The molecule has 1 aliphatic carbocycles. The maximum Gasteiger partial charge on any atom is 0.0417 e. The van der Waals surface area contributed by atoms with Crippen LogP contribution in [0.3, 0.4) is 0 Å². The Bertz CT molecular complexity index is 443. The highest BCUT2D eigenvalue weighted by molar-refractivity contribution is 5.57. The van der Waals surface area contributed by atoms with Crippen LogP contribution in [0.4, 0.5) is 5.69 Å². The first kappa shape index (κ1) is 13.9. The van der Waals surface area contributed by atoms with Gasteiger partial charge in [0.1, 0.15) is 0 Å². The quantitative estimate of drug-likeness (QED) is 0.890. The second-order valence-corrected chi connectivity index (χ2v) is 6.58. The van der Waals surface area contributed by atoms with Crippen molar-refractivity contribution in [3.63, 3.8) is 0 Å². The molecule has 0 aromatic heterocycles. The highest BCUT2D eigenvalue weighted by Crippen LogP contribution is 2.38. The molecule has 0 spiro atoms. The molecular weight excluding hydrogens is 244 g/mol. The summed E-state index contributed by atoms with van der Waals surface area (Å²) in [4.78, 5) is 2.71. The number of fused-ring (bicyclic) bond motifs is 1. The predicted molar refractivity (Wildman–Crippen MR) is 86.2 cm³/mol. The monoisotopic (exact) mass is 272 g/mol. The van der Waals surface area contributed by atoms with Gasteiger partial charge in [-0.2, -0.15) is 0 Å². The van der Waals surface area contributed by atoms with Crippen molar-refractivity contribution in [2.75, 3.05) is 18.0 Å². The van der Waals surface area contributed by atoms with Gasteiger partial charge >= 0.3 is 0 Å². The molecule has 1 saturated carbocycles. The summed E-state index contributed by atoms with van der Waals surface area (Å²) in [6.07, 6.45) is 6.83. The van der Waals surface area contributed by atoms with Crippen LogP contribution in [0.5, 0.6) is 0 Å². The van der Waals surface area contributed by atoms with Crippen molar-refractivity contribution in [3.05, 3.63) is 29.8 Å². The Hall–Kier alpha value is -1.02. The van der Waals surface area contributed by atoms with Crippen molar-refractivity contribution in [2.24, 2.45) is 5.92 Å². The molecule has 2 aliphatic rings. The molecule has 0 amide bonds. The summed E-state index contributed by atoms with van der Waals surface area (Å²) >= 11 is 0. The Morgan fingerprint density at radius 1 is 1.20 bits per heavy atom. The summed E-state index contributed by atoms with van der Waals surface area (Å²) in [5, 5.41) is 3.65. The molecule has 1 aliphatic heterocycles. The molecule has 1 fully saturated rings. The van der Waals surface area contributed by atoms with E-state index in [1.165, 1.54) is 49.9 Å². The zero-order valence-electron chi connectivity index (χ0n) is 12.9. The second-order valence-electron chi connectivity index (χ2n) is 6.58. The number of hydrogen-bond donors (Lipinski definition) is 1. The second kappa shape index (κ2) is 6.17. The molecule has 3 atom stereocenters. The Morgan fingerprint density at radius 3 is 2.85 bits per heavy atom. The Kier molecular flexibility index (Phi) is 4.30. The van der Waals surface area contributed by atoms with E-state index in [-0.39, 0.29) is 0 Å². The first-order chi connectivity index (χ1) is 9.79. The average Bonchev–Trinajstić information content (AvgIpc) is 2.48. The molecule has 110 valence electrons. The SMILES string of the molecule is CCNC1CCN(C2CCCC(C)C2)c2ccccc21. The highest BCUT2D eigenvalue weighted by atomic mass is 15.2. The Balaban J connectivity index is 1.84. The van der Waals surface area contributed by atoms with Gasteiger partial charge in [0, 0.05) is 24.3 Å². The lowest BCUT2D eigenvalue weighted by molar-refractivity contribution is 0.320. The molecule has 3 unspecified atom stereocenters. The standard InChI is InChI=1S/C18H28N2/c1-3-19-17-11-12-20(15-8-6-7-14(2)13-15)18-10-5-4-9-16(17)18/h4-5,9-10,14-15,17,19H,3,6-8,11-13H2,1-2H3. The lowest BCUT2D eigenvalue weighted by Crippen LogP contribution is -2.44. The minimum absolute atomic E-state index is 0.550. The van der Waals surface area contributed by atoms with Gasteiger partial charge in [-0.25, -0.2) is 0 Å². The number of nitrogens with one attached hydrogen (secondary N) is 1. The molecule has 3 rings (SSSR count). The van der Waals surface area contributed by atoms with Gasteiger partial charge in [0.05, 0.1) is 0 Å². The molecular formula is C18H28N2. The van der Waals surface area contributed by atoms with E-state index in [0.29, 0.717) is 6.04 Å². The molecule has 1 aromatic carbocycles. The maximum absolute atomic E-state index is 3.65. The smallest absolute Gasteiger partial charge is 0.0417 e. The van der Waals surface area contributed by atoms with E-state index in [0.717, 1.165) is 18.5 Å². The fraction of sp³-hybridized carbons (Fsp3) is 0.667. The van der Waals surface area contributed by atoms with E-state index in [4.69, 9.17) is 0 Å². The summed E-state index contributed by atoms with van der Waals surface area (Å²) < 4.78 is 0. The third-order valence-corrected chi connectivity index (χ3v) is 5.08. The topological polar surface area (TPSA) is 15.3 Å². The summed E-state index contributed by atoms with van der Waals surface area (Å²) in [6, 6.07) is 10.4. The molecule has 1 N–H and O–H groups in total. The third kappa shape index (κ3) is 2.71. The highest BCUT2D eigenvalue weighted by Gasteiger charge is 2.30. The molecule has 1 heterocycles. The lowest BCUT2D eigenvalue weighted by atomic mass is 9.84. The van der Waals surface area contributed by atoms with Gasteiger partial charge in [-0.1, -0.05) is 44.9 Å². The first-order valence-electron chi connectivity index (χ1n) is 8.38. The van der Waals surface area contributed by atoms with Crippen molar-refractivity contribution in [2.45, 2.75) is 58.0 Å². The van der Waals surface area contributed by atoms with Crippen LogP contribution in [0, 0.1) is 5.92 Å². The van der Waals surface area contributed by atoms with E-state index in [1.54, 1.807) is 0 Å². The molecule has 0 saturated heterocycles. The van der Waals surface area contributed by atoms with E-state index in [9.17, 15) is 0 Å². The summed E-state index contributed by atoms with van der Waals surface area (Å²) in [7, 11) is 0. The van der Waals surface area contributed by atoms with Crippen LogP contribution in [0.25, 0.3) is 0 Å². The van der Waals surface area contributed by atoms with Crippen molar-refractivity contribution in [3.8, 4) is 0 Å². The van der Waals surface area contributed by atoms with Gasteiger partial charge < -0.3 is 10.2 Å². The van der Waals surface area contributed by atoms with Gasteiger partial charge in [0.15, 0.2) is 0 Å². The zero-order valence-corrected chi connectivity index (χ0v) is 12.9. The van der Waals surface area contributed by atoms with Crippen LogP contribution < -0.4 is 10.2 Å². The number of nitrogens with zero attached hydrogens (tertiary/aromatic N) is 1. The fourth-order valence-electron chi connectivity index (χ4n) is 4.11. The summed E-state index contributed by atoms with van der Waals surface area (Å²) in [5.74, 6) is 0.896. The number of rotatable bonds is 3. The molecule has 20 heavy (non-hydrogen) atoms. The first-order valence-corrected chi connectivity index (χ1v) is 8.38. The molecule has 0 bridgehead atoms. The number of benzene rings is 1. The van der Waals surface area contributed by atoms with E-state index in [1.807, 2.05) is 0 Å². The van der Waals surface area contributed by atoms with Gasteiger partial charge in [0.25, 0.3) is 0 Å². The zero-order chi connectivity index (χ0) is 13.9. The third-order valence-electron chi connectivity index (χ3n) is 5.08. The largest absolute Gasteiger partial charge is 0.368 e. The van der Waals surface area contributed by atoms with E-state index >= 15 is 0 Å². The van der Waals surface area contributed by atoms with E-state index in [2.05, 4.69) is 48.3 Å². The van der Waals surface area contributed by atoms with Crippen LogP contribution in [0.1, 0.15) is 57.6 Å². The van der Waals surface area contributed by atoms with Crippen LogP contribution in [-0.2, 0) is 0 Å². The van der Waals surface area contributed by atoms with Gasteiger partial charge in [-0.05, 0) is 43.4 Å².